The highest BCUT2D eigenvalue weighted by atomic mass is 19.1. The van der Waals surface area contributed by atoms with Crippen LogP contribution in [0.3, 0.4) is 0 Å². The molecule has 2 aliphatic heterocycles. The van der Waals surface area contributed by atoms with Gasteiger partial charge in [0.2, 0.25) is 0 Å². The molecule has 1 aromatic rings. The Hall–Kier alpha value is -2.41. The lowest BCUT2D eigenvalue weighted by molar-refractivity contribution is -0.119. The highest BCUT2D eigenvalue weighted by Crippen LogP contribution is 2.57. The molecule has 2 N–H and O–H groups in total. The molecule has 6 nitrogen and oxygen atoms in total. The molecular weight excluding hydrogens is 393 g/mol. The van der Waals surface area contributed by atoms with Crippen molar-refractivity contribution in [3.05, 3.63) is 47.2 Å². The normalized spacial score (nSPS) is 30.0. The van der Waals surface area contributed by atoms with Crippen LogP contribution in [-0.4, -0.2) is 54.2 Å². The average molecular weight is 424 g/mol. The summed E-state index contributed by atoms with van der Waals surface area (Å²) in [5, 5.41) is 6.90. The number of allylic oxidation sites excluding steroid dienone is 1. The van der Waals surface area contributed by atoms with Crippen molar-refractivity contribution in [3.8, 4) is 0 Å². The van der Waals surface area contributed by atoms with E-state index in [1.165, 1.54) is 36.7 Å². The Morgan fingerprint density at radius 2 is 1.90 bits per heavy atom. The Kier molecular flexibility index (Phi) is 4.56. The maximum absolute atomic E-state index is 13.5. The zero-order valence-electron chi connectivity index (χ0n) is 17.9. The summed E-state index contributed by atoms with van der Waals surface area (Å²) in [6, 6.07) is 1.98. The minimum absolute atomic E-state index is 0.0517. The van der Waals surface area contributed by atoms with E-state index in [1.807, 2.05) is 0 Å². The maximum Gasteiger partial charge on any atom is 0.250 e. The van der Waals surface area contributed by atoms with Crippen LogP contribution in [0.4, 0.5) is 10.1 Å². The standard InChI is InChI=1S/C24H30FN5O/c25-17-12-19(15-26-14-17)30-9-7-29(8-10-30)18-2-1-16(11-18)22-27-21-3-4-24(5-6-24)13-20(21)23(31)28-22/h11-12,14-15,18,22,27H,1-10,13H2,(H,28,31)/t18?,22-/m1/s1. The summed E-state index contributed by atoms with van der Waals surface area (Å²) < 4.78 is 13.5. The molecule has 0 bridgehead atoms. The van der Waals surface area contributed by atoms with E-state index in [1.54, 1.807) is 12.3 Å². The van der Waals surface area contributed by atoms with Gasteiger partial charge < -0.3 is 15.5 Å². The van der Waals surface area contributed by atoms with Crippen molar-refractivity contribution >= 4 is 11.6 Å². The Bertz CT molecular complexity index is 960. The molecular formula is C24H30FN5O. The van der Waals surface area contributed by atoms with Gasteiger partial charge in [-0.3, -0.25) is 14.7 Å². The molecule has 6 rings (SSSR count). The number of carbonyl (C=O) groups excluding carboxylic acids is 1. The molecule has 1 aromatic heterocycles. The first kappa shape index (κ1) is 19.3. The van der Waals surface area contributed by atoms with E-state index < -0.39 is 0 Å². The lowest BCUT2D eigenvalue weighted by atomic mass is 9.82. The van der Waals surface area contributed by atoms with Gasteiger partial charge in [0.25, 0.3) is 5.91 Å². The van der Waals surface area contributed by atoms with E-state index in [2.05, 4.69) is 31.5 Å². The number of anilines is 1. The Labute approximate surface area is 182 Å². The minimum atomic E-state index is -0.283. The second-order valence-electron chi connectivity index (χ2n) is 9.92. The van der Waals surface area contributed by atoms with Crippen LogP contribution in [0, 0.1) is 11.2 Å². The van der Waals surface area contributed by atoms with Crippen LogP contribution in [0.25, 0.3) is 0 Å². The Balaban J connectivity index is 1.09. The zero-order chi connectivity index (χ0) is 21.0. The highest BCUT2D eigenvalue weighted by molar-refractivity contribution is 5.96. The summed E-state index contributed by atoms with van der Waals surface area (Å²) in [5.74, 6) is -0.139. The van der Waals surface area contributed by atoms with Crippen LogP contribution < -0.4 is 15.5 Å². The monoisotopic (exact) mass is 423 g/mol. The summed E-state index contributed by atoms with van der Waals surface area (Å²) >= 11 is 0. The van der Waals surface area contributed by atoms with Crippen LogP contribution in [0.5, 0.6) is 0 Å². The smallest absolute Gasteiger partial charge is 0.250 e. The van der Waals surface area contributed by atoms with Crippen molar-refractivity contribution in [2.75, 3.05) is 31.1 Å². The van der Waals surface area contributed by atoms with Gasteiger partial charge >= 0.3 is 0 Å². The fraction of sp³-hybridized carbons (Fsp3) is 0.583. The number of carbonyl (C=O) groups is 1. The molecule has 1 amide bonds. The number of nitrogens with zero attached hydrogens (tertiary/aromatic N) is 3. The van der Waals surface area contributed by atoms with Gasteiger partial charge in [0.15, 0.2) is 0 Å². The fourth-order valence-electron chi connectivity index (χ4n) is 5.85. The summed E-state index contributed by atoms with van der Waals surface area (Å²) in [5.41, 5.74) is 4.83. The van der Waals surface area contributed by atoms with Gasteiger partial charge in [0.05, 0.1) is 18.1 Å². The average Bonchev–Trinajstić information content (AvgIpc) is 3.34. The predicted molar refractivity (Wildman–Crippen MR) is 117 cm³/mol. The maximum atomic E-state index is 13.5. The molecule has 5 aliphatic rings. The number of hydrogen-bond donors (Lipinski definition) is 2. The molecule has 31 heavy (non-hydrogen) atoms. The molecule has 1 unspecified atom stereocenters. The van der Waals surface area contributed by atoms with Crippen molar-refractivity contribution in [2.45, 2.75) is 57.2 Å². The lowest BCUT2D eigenvalue weighted by Crippen LogP contribution is -2.52. The molecule has 2 fully saturated rings. The number of nitrogens with one attached hydrogen (secondary N) is 2. The second kappa shape index (κ2) is 7.33. The van der Waals surface area contributed by atoms with Crippen LogP contribution >= 0.6 is 0 Å². The Morgan fingerprint density at radius 3 is 2.68 bits per heavy atom. The summed E-state index contributed by atoms with van der Waals surface area (Å²) in [6.45, 7) is 3.65. The van der Waals surface area contributed by atoms with Gasteiger partial charge in [-0.2, -0.15) is 0 Å². The van der Waals surface area contributed by atoms with E-state index in [-0.39, 0.29) is 17.9 Å². The molecule has 1 saturated heterocycles. The molecule has 1 saturated carbocycles. The molecule has 1 spiro atoms. The number of halogens is 1. The van der Waals surface area contributed by atoms with Crippen molar-refractivity contribution in [3.63, 3.8) is 0 Å². The molecule has 164 valence electrons. The molecule has 0 aromatic carbocycles. The lowest BCUT2D eigenvalue weighted by Gasteiger charge is -2.38. The van der Waals surface area contributed by atoms with Crippen molar-refractivity contribution in [2.24, 2.45) is 5.41 Å². The number of piperazine rings is 1. The molecule has 3 aliphatic carbocycles. The van der Waals surface area contributed by atoms with Crippen LogP contribution in [0.2, 0.25) is 0 Å². The van der Waals surface area contributed by atoms with Crippen molar-refractivity contribution in [1.82, 2.24) is 20.5 Å². The van der Waals surface area contributed by atoms with Gasteiger partial charge in [-0.25, -0.2) is 4.39 Å². The van der Waals surface area contributed by atoms with Gasteiger partial charge in [-0.15, -0.1) is 0 Å². The van der Waals surface area contributed by atoms with E-state index in [9.17, 15) is 9.18 Å². The van der Waals surface area contributed by atoms with Gasteiger partial charge in [0.1, 0.15) is 12.0 Å². The SMILES string of the molecule is O=C1N[C@H](C2=CC(N3CCN(c4cncc(F)c4)CC3)CC2)NC2=C1CC1(CC2)CC1. The van der Waals surface area contributed by atoms with Gasteiger partial charge in [-0.05, 0) is 55.9 Å². The summed E-state index contributed by atoms with van der Waals surface area (Å²) in [7, 11) is 0. The molecule has 0 radical (unpaired) electrons. The molecule has 7 heteroatoms. The predicted octanol–water partition coefficient (Wildman–Crippen LogP) is 2.70. The molecule has 2 atom stereocenters. The highest BCUT2D eigenvalue weighted by Gasteiger charge is 2.48. The summed E-state index contributed by atoms with van der Waals surface area (Å²) in [4.78, 5) is 21.5. The minimum Gasteiger partial charge on any atom is -0.368 e. The number of pyridine rings is 1. The van der Waals surface area contributed by atoms with Gasteiger partial charge in [-0.1, -0.05) is 6.08 Å². The third-order valence-electron chi connectivity index (χ3n) is 7.99. The first-order chi connectivity index (χ1) is 15.1. The van der Waals surface area contributed by atoms with Crippen molar-refractivity contribution < 1.29 is 9.18 Å². The largest absolute Gasteiger partial charge is 0.368 e. The van der Waals surface area contributed by atoms with E-state index in [0.717, 1.165) is 63.1 Å². The first-order valence-electron chi connectivity index (χ1n) is 11.7. The Morgan fingerprint density at radius 1 is 1.06 bits per heavy atom. The van der Waals surface area contributed by atoms with Gasteiger partial charge in [0, 0.05) is 49.6 Å². The quantitative estimate of drug-likeness (QED) is 0.732. The van der Waals surface area contributed by atoms with Crippen molar-refractivity contribution in [1.29, 1.82) is 0 Å². The number of aromatic nitrogens is 1. The van der Waals surface area contributed by atoms with Crippen LogP contribution in [0.1, 0.15) is 44.9 Å². The van der Waals surface area contributed by atoms with E-state index >= 15 is 0 Å². The fourth-order valence-corrected chi connectivity index (χ4v) is 5.85. The first-order valence-corrected chi connectivity index (χ1v) is 11.7. The third-order valence-corrected chi connectivity index (χ3v) is 7.99. The second-order valence-corrected chi connectivity index (χ2v) is 9.92. The third kappa shape index (κ3) is 3.63. The van der Waals surface area contributed by atoms with E-state index in [0.29, 0.717) is 11.5 Å². The van der Waals surface area contributed by atoms with E-state index in [4.69, 9.17) is 0 Å². The number of hydrogen-bond acceptors (Lipinski definition) is 5. The number of rotatable bonds is 3. The number of amides is 1. The van der Waals surface area contributed by atoms with Crippen LogP contribution in [-0.2, 0) is 4.79 Å². The summed E-state index contributed by atoms with van der Waals surface area (Å²) in [6.07, 6.45) is 13.2. The van der Waals surface area contributed by atoms with Crippen LogP contribution in [0.15, 0.2) is 41.4 Å². The zero-order valence-corrected chi connectivity index (χ0v) is 17.9. The molecule has 3 heterocycles. The topological polar surface area (TPSA) is 60.5 Å².